The quantitative estimate of drug-likeness (QED) is 0.695. The number of ether oxygens (including phenoxy) is 1. The summed E-state index contributed by atoms with van der Waals surface area (Å²) in [6.45, 7) is 6.31. The molecule has 0 aliphatic carbocycles. The van der Waals surface area contributed by atoms with Gasteiger partial charge < -0.3 is 14.6 Å². The molecular formula is C21H22ClN3O3. The minimum absolute atomic E-state index is 0.0667. The van der Waals surface area contributed by atoms with Crippen LogP contribution in [0.25, 0.3) is 10.9 Å². The Morgan fingerprint density at radius 1 is 1.32 bits per heavy atom. The molecule has 0 aliphatic rings. The van der Waals surface area contributed by atoms with E-state index in [1.807, 2.05) is 26.8 Å². The Bertz CT molecular complexity index is 1110. The molecule has 0 fully saturated rings. The predicted molar refractivity (Wildman–Crippen MR) is 112 cm³/mol. The number of rotatable bonds is 5. The van der Waals surface area contributed by atoms with Crippen LogP contribution in [0.5, 0.6) is 5.75 Å². The van der Waals surface area contributed by atoms with Crippen molar-refractivity contribution in [2.75, 3.05) is 12.4 Å². The molecule has 146 valence electrons. The summed E-state index contributed by atoms with van der Waals surface area (Å²) in [7, 11) is 1.44. The average molecular weight is 400 g/mol. The molecule has 2 aromatic heterocycles. The molecule has 2 heterocycles. The second-order valence-electron chi connectivity index (χ2n) is 7.00. The van der Waals surface area contributed by atoms with E-state index >= 15 is 0 Å². The molecule has 0 atom stereocenters. The molecule has 0 spiro atoms. The van der Waals surface area contributed by atoms with E-state index in [0.29, 0.717) is 28.3 Å². The largest absolute Gasteiger partial charge is 0.495 e. The fourth-order valence-electron chi connectivity index (χ4n) is 3.15. The van der Waals surface area contributed by atoms with Gasteiger partial charge in [-0.05, 0) is 42.7 Å². The maximum absolute atomic E-state index is 13.3. The van der Waals surface area contributed by atoms with Gasteiger partial charge in [-0.15, -0.1) is 0 Å². The summed E-state index contributed by atoms with van der Waals surface area (Å²) in [5, 5.41) is 3.83. The Balaban J connectivity index is 2.26. The van der Waals surface area contributed by atoms with Crippen molar-refractivity contribution < 1.29 is 9.53 Å². The third-order valence-corrected chi connectivity index (χ3v) is 4.64. The second kappa shape index (κ2) is 8.02. The maximum Gasteiger partial charge on any atom is 0.267 e. The molecule has 0 unspecified atom stereocenters. The summed E-state index contributed by atoms with van der Waals surface area (Å²) < 4.78 is 7.09. The lowest BCUT2D eigenvalue weighted by Gasteiger charge is -2.18. The zero-order chi connectivity index (χ0) is 20.4. The van der Waals surface area contributed by atoms with Gasteiger partial charge in [0.2, 0.25) is 0 Å². The molecule has 28 heavy (non-hydrogen) atoms. The molecule has 1 amide bonds. The van der Waals surface area contributed by atoms with Crippen LogP contribution in [0.4, 0.5) is 5.82 Å². The summed E-state index contributed by atoms with van der Waals surface area (Å²) in [4.78, 5) is 30.5. The number of methoxy groups -OCH3 is 1. The number of aryl methyl sites for hydroxylation is 1. The van der Waals surface area contributed by atoms with E-state index in [1.54, 1.807) is 35.0 Å². The van der Waals surface area contributed by atoms with Crippen LogP contribution in [0, 0.1) is 12.8 Å². The number of carbonyl (C=O) groups excluding carboxylic acids is 1. The Morgan fingerprint density at radius 3 is 2.71 bits per heavy atom. The predicted octanol–water partition coefficient (Wildman–Crippen LogP) is 4.28. The number of nitrogens with one attached hydrogen (secondary N) is 1. The highest BCUT2D eigenvalue weighted by atomic mass is 35.5. The van der Waals surface area contributed by atoms with Crippen molar-refractivity contribution >= 4 is 34.2 Å². The van der Waals surface area contributed by atoms with Crippen LogP contribution in [0.15, 0.2) is 41.3 Å². The average Bonchev–Trinajstić information content (AvgIpc) is 2.65. The lowest BCUT2D eigenvalue weighted by molar-refractivity contribution is 0.102. The minimum atomic E-state index is -0.567. The Morgan fingerprint density at radius 2 is 2.07 bits per heavy atom. The summed E-state index contributed by atoms with van der Waals surface area (Å²) in [6, 6.07) is 8.80. The zero-order valence-corrected chi connectivity index (χ0v) is 17.0. The standard InChI is InChI=1S/C21H22ClN3O3/c1-12(2)11-25-16-8-7-14(22)10-15(16)18(28-4)17(21(25)27)20(26)24-19-13(3)6-5-9-23-19/h5-10,12H,11H2,1-4H3,(H,23,24,26). The maximum atomic E-state index is 13.3. The van der Waals surface area contributed by atoms with Gasteiger partial charge in [0.1, 0.15) is 17.1 Å². The lowest BCUT2D eigenvalue weighted by atomic mass is 10.1. The van der Waals surface area contributed by atoms with Crippen LogP contribution in [0.2, 0.25) is 5.02 Å². The number of carbonyl (C=O) groups is 1. The second-order valence-corrected chi connectivity index (χ2v) is 7.44. The molecule has 1 aromatic carbocycles. The van der Waals surface area contributed by atoms with E-state index in [0.717, 1.165) is 5.56 Å². The van der Waals surface area contributed by atoms with Crippen LogP contribution >= 0.6 is 11.6 Å². The monoisotopic (exact) mass is 399 g/mol. The van der Waals surface area contributed by atoms with Crippen molar-refractivity contribution in [1.29, 1.82) is 0 Å². The molecule has 3 aromatic rings. The zero-order valence-electron chi connectivity index (χ0n) is 16.2. The number of fused-ring (bicyclic) bond motifs is 1. The van der Waals surface area contributed by atoms with Crippen molar-refractivity contribution in [2.45, 2.75) is 27.3 Å². The Kier molecular flexibility index (Phi) is 5.70. The normalized spacial score (nSPS) is 11.1. The van der Waals surface area contributed by atoms with Gasteiger partial charge in [-0.3, -0.25) is 9.59 Å². The summed E-state index contributed by atoms with van der Waals surface area (Å²) in [6.07, 6.45) is 1.58. The summed E-state index contributed by atoms with van der Waals surface area (Å²) >= 11 is 6.17. The number of hydrogen-bond donors (Lipinski definition) is 1. The molecule has 7 heteroatoms. The number of halogens is 1. The van der Waals surface area contributed by atoms with Crippen molar-refractivity contribution in [3.8, 4) is 5.75 Å². The molecule has 0 aliphatic heterocycles. The lowest BCUT2D eigenvalue weighted by Crippen LogP contribution is -2.32. The molecular weight excluding hydrogens is 378 g/mol. The topological polar surface area (TPSA) is 73.2 Å². The fourth-order valence-corrected chi connectivity index (χ4v) is 3.32. The first-order chi connectivity index (χ1) is 13.3. The van der Waals surface area contributed by atoms with Gasteiger partial charge in [0.25, 0.3) is 11.5 Å². The highest BCUT2D eigenvalue weighted by Crippen LogP contribution is 2.30. The molecule has 1 N–H and O–H groups in total. The fraction of sp³-hybridized carbons (Fsp3) is 0.286. The Labute approximate surface area is 168 Å². The first kappa shape index (κ1) is 19.9. The van der Waals surface area contributed by atoms with Gasteiger partial charge in [-0.2, -0.15) is 0 Å². The number of pyridine rings is 2. The third kappa shape index (κ3) is 3.73. The van der Waals surface area contributed by atoms with Crippen molar-refractivity contribution in [3.63, 3.8) is 0 Å². The van der Waals surface area contributed by atoms with Gasteiger partial charge in [-0.1, -0.05) is 31.5 Å². The van der Waals surface area contributed by atoms with Crippen LogP contribution in [-0.4, -0.2) is 22.6 Å². The van der Waals surface area contributed by atoms with Gasteiger partial charge >= 0.3 is 0 Å². The smallest absolute Gasteiger partial charge is 0.267 e. The van der Waals surface area contributed by atoms with E-state index in [-0.39, 0.29) is 17.2 Å². The van der Waals surface area contributed by atoms with Gasteiger partial charge in [0, 0.05) is 23.2 Å². The first-order valence-electron chi connectivity index (χ1n) is 8.96. The molecule has 0 saturated carbocycles. The van der Waals surface area contributed by atoms with E-state index in [9.17, 15) is 9.59 Å². The molecule has 6 nitrogen and oxygen atoms in total. The van der Waals surface area contributed by atoms with Crippen LogP contribution in [0.1, 0.15) is 29.8 Å². The van der Waals surface area contributed by atoms with E-state index in [4.69, 9.17) is 16.3 Å². The summed E-state index contributed by atoms with van der Waals surface area (Å²) in [5.41, 5.74) is 0.987. The van der Waals surface area contributed by atoms with Gasteiger partial charge in [0.05, 0.1) is 12.6 Å². The number of benzene rings is 1. The number of nitrogens with zero attached hydrogens (tertiary/aromatic N) is 2. The Hall–Kier alpha value is -2.86. The number of hydrogen-bond acceptors (Lipinski definition) is 4. The minimum Gasteiger partial charge on any atom is -0.495 e. The van der Waals surface area contributed by atoms with Crippen molar-refractivity contribution in [1.82, 2.24) is 9.55 Å². The highest BCUT2D eigenvalue weighted by molar-refractivity contribution is 6.31. The number of anilines is 1. The molecule has 0 saturated heterocycles. The van der Waals surface area contributed by atoms with Crippen molar-refractivity contribution in [3.05, 3.63) is 63.0 Å². The van der Waals surface area contributed by atoms with E-state index in [2.05, 4.69) is 10.3 Å². The van der Waals surface area contributed by atoms with E-state index < -0.39 is 11.5 Å². The highest BCUT2D eigenvalue weighted by Gasteiger charge is 2.24. The number of aromatic nitrogens is 2. The SMILES string of the molecule is COc1c(C(=O)Nc2ncccc2C)c(=O)n(CC(C)C)c2ccc(Cl)cc12. The van der Waals surface area contributed by atoms with Crippen LogP contribution in [-0.2, 0) is 6.54 Å². The molecule has 3 rings (SSSR count). The van der Waals surface area contributed by atoms with Crippen LogP contribution < -0.4 is 15.6 Å². The van der Waals surface area contributed by atoms with Gasteiger partial charge in [0.15, 0.2) is 0 Å². The summed E-state index contributed by atoms with van der Waals surface area (Å²) in [5.74, 6) is 0.242. The van der Waals surface area contributed by atoms with E-state index in [1.165, 1.54) is 7.11 Å². The first-order valence-corrected chi connectivity index (χ1v) is 9.34. The van der Waals surface area contributed by atoms with Gasteiger partial charge in [-0.25, -0.2) is 4.98 Å². The number of amides is 1. The van der Waals surface area contributed by atoms with Crippen molar-refractivity contribution in [2.24, 2.45) is 5.92 Å². The van der Waals surface area contributed by atoms with Crippen LogP contribution in [0.3, 0.4) is 0 Å². The molecule has 0 bridgehead atoms. The molecule has 0 radical (unpaired) electrons. The third-order valence-electron chi connectivity index (χ3n) is 4.40.